The van der Waals surface area contributed by atoms with Crippen LogP contribution in [0.4, 0.5) is 5.82 Å². The van der Waals surface area contributed by atoms with Gasteiger partial charge in [-0.15, -0.1) is 0 Å². The number of anilines is 1. The van der Waals surface area contributed by atoms with E-state index in [2.05, 4.69) is 19.2 Å². The van der Waals surface area contributed by atoms with E-state index in [1.54, 1.807) is 0 Å². The fraction of sp³-hybridized carbons (Fsp3) is 0.400. The topological polar surface area (TPSA) is 67.1 Å². The number of nitrogens with one attached hydrogen (secondary N) is 1. The molecule has 1 atom stereocenters. The Balaban J connectivity index is 2.30. The van der Waals surface area contributed by atoms with Gasteiger partial charge in [0.15, 0.2) is 0 Å². The summed E-state index contributed by atoms with van der Waals surface area (Å²) in [5.41, 5.74) is 5.16. The van der Waals surface area contributed by atoms with Gasteiger partial charge in [-0.1, -0.05) is 38.1 Å². The third kappa shape index (κ3) is 2.95. The van der Waals surface area contributed by atoms with E-state index >= 15 is 0 Å². The van der Waals surface area contributed by atoms with E-state index in [1.165, 1.54) is 0 Å². The number of aryl methyl sites for hydroxylation is 2. The van der Waals surface area contributed by atoms with E-state index in [0.29, 0.717) is 17.2 Å². The quantitative estimate of drug-likeness (QED) is 0.888. The van der Waals surface area contributed by atoms with Crippen LogP contribution in [0.15, 0.2) is 35.5 Å². The Labute approximate surface area is 148 Å². The zero-order chi connectivity index (χ0) is 18.3. The first kappa shape index (κ1) is 17.3. The van der Waals surface area contributed by atoms with Gasteiger partial charge in [-0.3, -0.25) is 4.68 Å². The Morgan fingerprint density at radius 2 is 2.00 bits per heavy atom. The number of rotatable bonds is 4. The molecule has 5 heteroatoms. The highest BCUT2D eigenvalue weighted by atomic mass is 16.4. The maximum absolute atomic E-state index is 12.1. The molecule has 132 valence electrons. The van der Waals surface area contributed by atoms with E-state index in [9.17, 15) is 9.90 Å². The third-order valence-electron chi connectivity index (χ3n) is 4.78. The Kier molecular flexibility index (Phi) is 4.41. The van der Waals surface area contributed by atoms with Crippen LogP contribution in [-0.4, -0.2) is 20.9 Å². The minimum atomic E-state index is -0.886. The first-order valence-corrected chi connectivity index (χ1v) is 8.63. The van der Waals surface area contributed by atoms with Crippen LogP contribution in [0.5, 0.6) is 0 Å². The van der Waals surface area contributed by atoms with Crippen LogP contribution in [0.3, 0.4) is 0 Å². The van der Waals surface area contributed by atoms with Gasteiger partial charge in [-0.2, -0.15) is 5.10 Å². The molecule has 0 fully saturated rings. The number of carbonyl (C=O) groups is 1. The lowest BCUT2D eigenvalue weighted by atomic mass is 9.79. The molecule has 1 aromatic carbocycles. The van der Waals surface area contributed by atoms with Gasteiger partial charge in [-0.25, -0.2) is 4.79 Å². The third-order valence-corrected chi connectivity index (χ3v) is 4.78. The molecule has 2 N–H and O–H groups in total. The lowest BCUT2D eigenvalue weighted by Gasteiger charge is -2.29. The summed E-state index contributed by atoms with van der Waals surface area (Å²) in [5.74, 6) is 0.142. The van der Waals surface area contributed by atoms with Crippen molar-refractivity contribution in [2.45, 2.75) is 40.0 Å². The number of fused-ring (bicyclic) bond motifs is 1. The number of carboxylic acid groups (broad SMARTS) is 1. The Morgan fingerprint density at radius 1 is 1.32 bits per heavy atom. The summed E-state index contributed by atoms with van der Waals surface area (Å²) in [6.45, 7) is 8.16. The monoisotopic (exact) mass is 339 g/mol. The van der Waals surface area contributed by atoms with Crippen molar-refractivity contribution in [2.75, 3.05) is 5.32 Å². The van der Waals surface area contributed by atoms with Crippen molar-refractivity contribution in [1.82, 2.24) is 9.78 Å². The maximum Gasteiger partial charge on any atom is 0.334 e. The first-order chi connectivity index (χ1) is 11.8. The molecule has 0 saturated heterocycles. The molecule has 0 radical (unpaired) electrons. The van der Waals surface area contributed by atoms with Crippen molar-refractivity contribution >= 4 is 11.8 Å². The molecule has 0 amide bonds. The van der Waals surface area contributed by atoms with Crippen LogP contribution in [-0.2, 0) is 18.3 Å². The average molecular weight is 339 g/mol. The van der Waals surface area contributed by atoms with Crippen LogP contribution >= 0.6 is 0 Å². The molecule has 0 bridgehead atoms. The lowest BCUT2D eigenvalue weighted by molar-refractivity contribution is -0.132. The van der Waals surface area contributed by atoms with Gasteiger partial charge in [0.1, 0.15) is 5.82 Å². The van der Waals surface area contributed by atoms with Crippen molar-refractivity contribution < 1.29 is 9.90 Å². The molecule has 0 spiro atoms. The number of hydrogen-bond acceptors (Lipinski definition) is 3. The van der Waals surface area contributed by atoms with Crippen molar-refractivity contribution in [2.24, 2.45) is 13.0 Å². The van der Waals surface area contributed by atoms with Crippen LogP contribution < -0.4 is 5.32 Å². The summed E-state index contributed by atoms with van der Waals surface area (Å²) in [6, 6.07) is 8.01. The van der Waals surface area contributed by atoms with Crippen molar-refractivity contribution in [3.8, 4) is 0 Å². The molecule has 0 saturated carbocycles. The van der Waals surface area contributed by atoms with Crippen LogP contribution in [0.25, 0.3) is 0 Å². The highest BCUT2D eigenvalue weighted by Crippen LogP contribution is 2.44. The van der Waals surface area contributed by atoms with Crippen molar-refractivity contribution in [1.29, 1.82) is 0 Å². The second-order valence-corrected chi connectivity index (χ2v) is 7.19. The molecular weight excluding hydrogens is 314 g/mol. The molecule has 1 aromatic heterocycles. The predicted octanol–water partition coefficient (Wildman–Crippen LogP) is 3.84. The number of nitrogens with zero attached hydrogens (tertiary/aromatic N) is 2. The van der Waals surface area contributed by atoms with E-state index in [4.69, 9.17) is 5.10 Å². The van der Waals surface area contributed by atoms with Gasteiger partial charge < -0.3 is 10.4 Å². The van der Waals surface area contributed by atoms with Gasteiger partial charge in [0.25, 0.3) is 0 Å². The molecule has 25 heavy (non-hydrogen) atoms. The molecule has 1 aliphatic heterocycles. The highest BCUT2D eigenvalue weighted by molar-refractivity contribution is 5.93. The lowest BCUT2D eigenvalue weighted by Crippen LogP contribution is -2.24. The molecule has 2 heterocycles. The molecule has 2 aromatic rings. The van der Waals surface area contributed by atoms with E-state index in [1.807, 2.05) is 49.8 Å². The van der Waals surface area contributed by atoms with Crippen LogP contribution in [0.2, 0.25) is 0 Å². The van der Waals surface area contributed by atoms with Gasteiger partial charge in [0, 0.05) is 24.2 Å². The van der Waals surface area contributed by atoms with E-state index in [-0.39, 0.29) is 5.92 Å². The molecular formula is C20H25N3O2. The number of benzene rings is 1. The summed E-state index contributed by atoms with van der Waals surface area (Å²) in [4.78, 5) is 12.1. The van der Waals surface area contributed by atoms with Gasteiger partial charge in [0.05, 0.1) is 11.3 Å². The molecule has 1 unspecified atom stereocenters. The van der Waals surface area contributed by atoms with E-state index < -0.39 is 5.97 Å². The highest BCUT2D eigenvalue weighted by Gasteiger charge is 2.37. The van der Waals surface area contributed by atoms with Crippen molar-refractivity contribution in [3.63, 3.8) is 0 Å². The molecule has 5 nitrogen and oxygen atoms in total. The number of hydrogen-bond donors (Lipinski definition) is 2. The van der Waals surface area contributed by atoms with E-state index in [0.717, 1.165) is 34.6 Å². The van der Waals surface area contributed by atoms with Gasteiger partial charge in [-0.05, 0) is 37.3 Å². The van der Waals surface area contributed by atoms with Gasteiger partial charge in [0.2, 0.25) is 0 Å². The minimum absolute atomic E-state index is 0.308. The zero-order valence-corrected chi connectivity index (χ0v) is 15.4. The normalized spacial score (nSPS) is 16.8. The SMILES string of the molecule is CC1=C(C(=O)O)C(c2ccccc2C)c2c(CC(C)C)nn(C)c2N1. The maximum atomic E-state index is 12.1. The summed E-state index contributed by atoms with van der Waals surface area (Å²) < 4.78 is 1.83. The van der Waals surface area contributed by atoms with Crippen LogP contribution in [0, 0.1) is 12.8 Å². The Hall–Kier alpha value is -2.56. The summed E-state index contributed by atoms with van der Waals surface area (Å²) in [6.07, 6.45) is 0.819. The second-order valence-electron chi connectivity index (χ2n) is 7.19. The molecule has 3 rings (SSSR count). The standard InChI is InChI=1S/C20H25N3O2/c1-11(2)10-15-18-17(14-9-7-6-8-12(14)3)16(20(24)25)13(4)21-19(18)23(5)22-15/h6-9,11,17,21H,10H2,1-5H3,(H,24,25). The smallest absolute Gasteiger partial charge is 0.334 e. The first-order valence-electron chi connectivity index (χ1n) is 8.63. The summed E-state index contributed by atoms with van der Waals surface area (Å²) in [7, 11) is 1.91. The Morgan fingerprint density at radius 3 is 2.60 bits per heavy atom. The van der Waals surface area contributed by atoms with Crippen molar-refractivity contribution in [3.05, 3.63) is 57.9 Å². The number of aliphatic carboxylic acids is 1. The summed E-state index contributed by atoms with van der Waals surface area (Å²) in [5, 5.41) is 17.9. The van der Waals surface area contributed by atoms with Crippen LogP contribution in [0.1, 0.15) is 49.1 Å². The minimum Gasteiger partial charge on any atom is -0.478 e. The largest absolute Gasteiger partial charge is 0.478 e. The fourth-order valence-electron chi connectivity index (χ4n) is 3.70. The second kappa shape index (κ2) is 6.39. The van der Waals surface area contributed by atoms with Gasteiger partial charge >= 0.3 is 5.97 Å². The number of carboxylic acids is 1. The zero-order valence-electron chi connectivity index (χ0n) is 15.4. The number of aromatic nitrogens is 2. The number of allylic oxidation sites excluding steroid dienone is 1. The Bertz CT molecular complexity index is 862. The fourth-order valence-corrected chi connectivity index (χ4v) is 3.70. The molecule has 0 aliphatic carbocycles. The summed E-state index contributed by atoms with van der Waals surface area (Å²) >= 11 is 0. The average Bonchev–Trinajstić information content (AvgIpc) is 2.81. The molecule has 1 aliphatic rings. The predicted molar refractivity (Wildman–Crippen MR) is 98.7 cm³/mol.